The lowest BCUT2D eigenvalue weighted by Gasteiger charge is -2.39. The average Bonchev–Trinajstić information content (AvgIpc) is 4.51. The van der Waals surface area contributed by atoms with Crippen molar-refractivity contribution in [2.75, 3.05) is 32.8 Å². The maximum Gasteiger partial charge on any atom is 0.410 e. The van der Waals surface area contributed by atoms with Gasteiger partial charge in [0.1, 0.15) is 40.6 Å². The van der Waals surface area contributed by atoms with Gasteiger partial charge < -0.3 is 29.2 Å². The molecule has 5 aliphatic rings. The number of hydrogen-bond donors (Lipinski definition) is 2. The Morgan fingerprint density at radius 2 is 1.48 bits per heavy atom. The van der Waals surface area contributed by atoms with E-state index in [-0.39, 0.29) is 42.4 Å². The van der Waals surface area contributed by atoms with Crippen LogP contribution in [0.2, 0.25) is 0 Å². The van der Waals surface area contributed by atoms with Gasteiger partial charge in [-0.1, -0.05) is 78.7 Å². The maximum absolute atomic E-state index is 12.9. The van der Waals surface area contributed by atoms with Crippen molar-refractivity contribution in [1.82, 2.24) is 50.1 Å². The summed E-state index contributed by atoms with van der Waals surface area (Å²) >= 11 is 6.25. The number of amides is 1. The van der Waals surface area contributed by atoms with Gasteiger partial charge in [0.15, 0.2) is 6.23 Å². The highest BCUT2D eigenvalue weighted by molar-refractivity contribution is 6.48. The fourth-order valence-corrected chi connectivity index (χ4v) is 11.6. The summed E-state index contributed by atoms with van der Waals surface area (Å²) in [5, 5.41) is 18.6. The van der Waals surface area contributed by atoms with Gasteiger partial charge in [-0.2, -0.15) is 10.2 Å². The Labute approximate surface area is 471 Å². The Balaban J connectivity index is 0.000000173. The molecule has 4 aromatic heterocycles. The van der Waals surface area contributed by atoms with Gasteiger partial charge in [0, 0.05) is 57.5 Å². The molecule has 3 aliphatic heterocycles. The highest BCUT2D eigenvalue weighted by Gasteiger charge is 2.55. The average molecular weight is 1100 g/mol. The van der Waals surface area contributed by atoms with Crippen LogP contribution < -0.4 is 14.8 Å². The van der Waals surface area contributed by atoms with Gasteiger partial charge >= 0.3 is 6.09 Å². The standard InChI is InChI=1S/C36H39N5O4.C26H24ClN5O.ClH/c1-5-24-10-6-7-11-26(24)25-13-14-29-27(20-25)33(39-41(29)32-12-8-9-19-43-32)28-21-37-22-31(38-28)44-30-23-40(18-17-36(30)15-16-36)34(42)45-35(2,3)4;1-16(27)18-4-2-3-5-19(18)17-6-7-21-20(12-17)25(32-31-21)22-13-29-15-24(30-22)33-23-14-28-11-10-26(23)8-9-26;/h1,6-7,10-11,13-14,20-22,30,32H,8-9,12,15-19,23H2,2-4H3;2-7,12-13,15,23,28H,1,8-11,14H2,(H,31,32);1H/t30-,32?;23-;/m00./s1. The minimum Gasteiger partial charge on any atom is -0.471 e. The number of hydrogen-bond acceptors (Lipinski definition) is 12. The number of rotatable bonds is 10. The summed E-state index contributed by atoms with van der Waals surface area (Å²) in [6, 6.07) is 28.4. The molecule has 15 nitrogen and oxygen atoms in total. The molecule has 7 heterocycles. The van der Waals surface area contributed by atoms with E-state index in [2.05, 4.69) is 68.3 Å². The number of H-pyrrole nitrogens is 1. The maximum atomic E-state index is 12.9. The number of likely N-dealkylation sites (tertiary alicyclic amines) is 1. The largest absolute Gasteiger partial charge is 0.471 e. The number of carbonyl (C=O) groups excluding carboxylic acids is 1. The van der Waals surface area contributed by atoms with E-state index in [1.165, 1.54) is 12.8 Å². The second kappa shape index (κ2) is 22.1. The molecule has 2 spiro atoms. The van der Waals surface area contributed by atoms with Crippen molar-refractivity contribution in [2.45, 2.75) is 103 Å². The fourth-order valence-electron chi connectivity index (χ4n) is 11.4. The van der Waals surface area contributed by atoms with Crippen molar-refractivity contribution in [1.29, 1.82) is 0 Å². The first-order valence-corrected chi connectivity index (χ1v) is 27.5. The predicted octanol–water partition coefficient (Wildman–Crippen LogP) is 12.8. The smallest absolute Gasteiger partial charge is 0.410 e. The van der Waals surface area contributed by atoms with Crippen LogP contribution in [0.5, 0.6) is 11.8 Å². The zero-order chi connectivity index (χ0) is 53.6. The molecular formula is C62H64Cl2N10O5. The van der Waals surface area contributed by atoms with Crippen molar-refractivity contribution >= 4 is 56.9 Å². The van der Waals surface area contributed by atoms with Crippen LogP contribution in [0.25, 0.3) is 71.9 Å². The number of carbonyl (C=O) groups is 1. The van der Waals surface area contributed by atoms with Crippen molar-refractivity contribution < 1.29 is 23.7 Å². The summed E-state index contributed by atoms with van der Waals surface area (Å²) in [5.41, 5.74) is 10.2. The first-order valence-electron chi connectivity index (χ1n) is 27.1. The summed E-state index contributed by atoms with van der Waals surface area (Å²) < 4.78 is 26.7. The van der Waals surface area contributed by atoms with Gasteiger partial charge in [0.2, 0.25) is 11.8 Å². The zero-order valence-corrected chi connectivity index (χ0v) is 46.3. The van der Waals surface area contributed by atoms with Crippen molar-refractivity contribution in [2.24, 2.45) is 10.8 Å². The molecule has 17 heteroatoms. The number of aromatic nitrogens is 8. The molecule has 3 saturated heterocycles. The third-order valence-electron chi connectivity index (χ3n) is 16.1. The summed E-state index contributed by atoms with van der Waals surface area (Å²) in [7, 11) is 0. The molecule has 1 amide bonds. The minimum atomic E-state index is -0.556. The third-order valence-corrected chi connectivity index (χ3v) is 16.3. The molecule has 2 saturated carbocycles. The molecule has 406 valence electrons. The van der Waals surface area contributed by atoms with Crippen molar-refractivity contribution in [3.05, 3.63) is 127 Å². The molecule has 1 unspecified atom stereocenters. The number of halogens is 2. The topological polar surface area (TPSA) is 167 Å². The quantitative estimate of drug-likeness (QED) is 0.125. The van der Waals surface area contributed by atoms with Crippen molar-refractivity contribution in [3.8, 4) is 69.1 Å². The third kappa shape index (κ3) is 11.2. The van der Waals surface area contributed by atoms with Gasteiger partial charge in [-0.05, 0) is 138 Å². The van der Waals surface area contributed by atoms with Crippen molar-refractivity contribution in [3.63, 3.8) is 0 Å². The van der Waals surface area contributed by atoms with Crippen LogP contribution in [0.1, 0.15) is 95.9 Å². The van der Waals surface area contributed by atoms with Gasteiger partial charge in [-0.3, -0.25) is 15.1 Å². The SMILES string of the molecule is C#Cc1ccccc1-c1ccc2c(c1)c(-c1cncc(O[C@H]3CN(C(=O)OC(C)(C)C)CCC34CC4)n1)nn2C1CCCCO1.C=C(Cl)c1ccccc1-c1ccc2[nH]nc(-c3cncc(O[C@H]4CNCCC45CC5)n3)c2c1.Cl. The van der Waals surface area contributed by atoms with E-state index in [0.717, 1.165) is 119 Å². The highest BCUT2D eigenvalue weighted by Crippen LogP contribution is 2.55. The summed E-state index contributed by atoms with van der Waals surface area (Å²) in [4.78, 5) is 33.3. The van der Waals surface area contributed by atoms with E-state index in [1.54, 1.807) is 29.7 Å². The second-order valence-electron chi connectivity index (χ2n) is 22.4. The Kier molecular flexibility index (Phi) is 15.0. The van der Waals surface area contributed by atoms with Crippen LogP contribution >= 0.6 is 24.0 Å². The van der Waals surface area contributed by atoms with E-state index < -0.39 is 5.60 Å². The number of aromatic amines is 1. The number of benzene rings is 4. The van der Waals surface area contributed by atoms with Crippen LogP contribution in [0.15, 0.2) is 116 Å². The van der Waals surface area contributed by atoms with E-state index in [4.69, 9.17) is 52.0 Å². The van der Waals surface area contributed by atoms with Gasteiger partial charge in [0.25, 0.3) is 0 Å². The molecule has 4 aromatic carbocycles. The number of nitrogens with one attached hydrogen (secondary N) is 2. The van der Waals surface area contributed by atoms with Crippen LogP contribution in [-0.2, 0) is 9.47 Å². The van der Waals surface area contributed by atoms with Gasteiger partial charge in [-0.25, -0.2) is 19.4 Å². The summed E-state index contributed by atoms with van der Waals surface area (Å²) in [5.74, 6) is 3.77. The van der Waals surface area contributed by atoms with Crippen LogP contribution in [0.3, 0.4) is 0 Å². The van der Waals surface area contributed by atoms with E-state index in [1.807, 2.05) is 80.1 Å². The second-order valence-corrected chi connectivity index (χ2v) is 22.8. The van der Waals surface area contributed by atoms with Crippen LogP contribution in [0, 0.1) is 23.2 Å². The van der Waals surface area contributed by atoms with E-state index in [9.17, 15) is 4.79 Å². The molecule has 2 N–H and O–H groups in total. The number of terminal acetylenes is 1. The number of nitrogens with zero attached hydrogens (tertiary/aromatic N) is 8. The lowest BCUT2D eigenvalue weighted by Crippen LogP contribution is -2.51. The van der Waals surface area contributed by atoms with E-state index in [0.29, 0.717) is 59.0 Å². The molecule has 8 aromatic rings. The first kappa shape index (κ1) is 53.6. The molecule has 3 atom stereocenters. The Bertz CT molecular complexity index is 3610. The van der Waals surface area contributed by atoms with Crippen LogP contribution in [0.4, 0.5) is 4.79 Å². The molecular weight excluding hydrogens is 1040 g/mol. The molecule has 5 fully saturated rings. The van der Waals surface area contributed by atoms with E-state index >= 15 is 0 Å². The van der Waals surface area contributed by atoms with Crippen LogP contribution in [-0.4, -0.2) is 102 Å². The normalized spacial score (nSPS) is 19.9. The summed E-state index contributed by atoms with van der Waals surface area (Å²) in [6.45, 7) is 13.3. The lowest BCUT2D eigenvalue weighted by atomic mass is 9.90. The molecule has 13 rings (SSSR count). The Morgan fingerprint density at radius 3 is 2.19 bits per heavy atom. The fraction of sp³-hybridized carbons (Fsp3) is 0.371. The Morgan fingerprint density at radius 1 is 0.810 bits per heavy atom. The molecule has 2 aliphatic carbocycles. The number of ether oxygens (including phenoxy) is 4. The number of piperidine rings is 2. The summed E-state index contributed by atoms with van der Waals surface area (Å²) in [6.07, 6.45) is 21.8. The zero-order valence-electron chi connectivity index (χ0n) is 44.7. The lowest BCUT2D eigenvalue weighted by molar-refractivity contribution is -0.0365. The molecule has 0 bridgehead atoms. The Hall–Kier alpha value is -7.35. The number of fused-ring (bicyclic) bond motifs is 2. The minimum absolute atomic E-state index is 0. The predicted molar refractivity (Wildman–Crippen MR) is 310 cm³/mol. The monoisotopic (exact) mass is 1100 g/mol. The highest BCUT2D eigenvalue weighted by atomic mass is 35.5. The van der Waals surface area contributed by atoms with Gasteiger partial charge in [-0.15, -0.1) is 18.8 Å². The van der Waals surface area contributed by atoms with Gasteiger partial charge in [0.05, 0.1) is 42.4 Å². The molecule has 0 radical (unpaired) electrons. The molecule has 79 heavy (non-hydrogen) atoms. The first-order chi connectivity index (χ1) is 37.9.